The summed E-state index contributed by atoms with van der Waals surface area (Å²) in [6, 6.07) is 7.81. The molecule has 4 rings (SSSR count). The Labute approximate surface area is 206 Å². The van der Waals surface area contributed by atoms with Crippen LogP contribution in [0.25, 0.3) is 0 Å². The molecule has 2 aromatic rings. The Morgan fingerprint density at radius 1 is 0.857 bits per heavy atom. The molecular formula is C30H35F3O2. The van der Waals surface area contributed by atoms with E-state index in [9.17, 15) is 13.2 Å². The predicted molar refractivity (Wildman–Crippen MR) is 133 cm³/mol. The second kappa shape index (κ2) is 11.8. The van der Waals surface area contributed by atoms with E-state index in [2.05, 4.69) is 12.7 Å². The molecule has 0 aromatic heterocycles. The summed E-state index contributed by atoms with van der Waals surface area (Å²) in [6.07, 6.45) is 14.7. The molecule has 35 heavy (non-hydrogen) atoms. The zero-order valence-corrected chi connectivity index (χ0v) is 20.4. The predicted octanol–water partition coefficient (Wildman–Crippen LogP) is 8.86. The number of ether oxygens (including phenoxy) is 2. The molecule has 2 aliphatic carbocycles. The first-order chi connectivity index (χ1) is 17.0. The Morgan fingerprint density at radius 3 is 2.11 bits per heavy atom. The third kappa shape index (κ3) is 6.12. The van der Waals surface area contributed by atoms with Gasteiger partial charge in [-0.1, -0.05) is 24.3 Å². The van der Waals surface area contributed by atoms with Gasteiger partial charge in [0.15, 0.2) is 11.5 Å². The third-order valence-electron chi connectivity index (χ3n) is 7.86. The van der Waals surface area contributed by atoms with Gasteiger partial charge in [-0.15, -0.1) is 6.58 Å². The lowest BCUT2D eigenvalue weighted by Gasteiger charge is -2.37. The van der Waals surface area contributed by atoms with E-state index in [1.165, 1.54) is 56.9 Å². The highest BCUT2D eigenvalue weighted by molar-refractivity contribution is 5.36. The van der Waals surface area contributed by atoms with Gasteiger partial charge < -0.3 is 9.47 Å². The highest BCUT2D eigenvalue weighted by atomic mass is 19.2. The van der Waals surface area contributed by atoms with Crippen molar-refractivity contribution in [3.8, 4) is 11.5 Å². The Balaban J connectivity index is 1.32. The zero-order valence-electron chi connectivity index (χ0n) is 20.4. The standard InChI is InChI=1S/C30H35F3O2/c1-3-17-34-27-15-16-28(30(33)29(27)32)35-19-25-14-13-24(18-26(25)31)23-11-9-22(10-12-23)21-7-5-20(4-2)6-8-21/h3-4,13-18,20-23H,2,5-12,19H2,1H3/b17-3+. The van der Waals surface area contributed by atoms with E-state index in [4.69, 9.17) is 9.47 Å². The largest absolute Gasteiger partial charge is 0.486 e. The van der Waals surface area contributed by atoms with Crippen molar-refractivity contribution in [2.45, 2.75) is 70.8 Å². The monoisotopic (exact) mass is 484 g/mol. The Bertz CT molecular complexity index is 1030. The minimum absolute atomic E-state index is 0.183. The van der Waals surface area contributed by atoms with Gasteiger partial charge in [0, 0.05) is 5.56 Å². The van der Waals surface area contributed by atoms with Crippen molar-refractivity contribution in [1.82, 2.24) is 0 Å². The average Bonchev–Trinajstić information content (AvgIpc) is 2.89. The number of rotatable bonds is 8. The Kier molecular flexibility index (Phi) is 8.59. The maximum absolute atomic E-state index is 14.8. The highest BCUT2D eigenvalue weighted by Gasteiger charge is 2.31. The summed E-state index contributed by atoms with van der Waals surface area (Å²) < 4.78 is 53.7. The van der Waals surface area contributed by atoms with Crippen molar-refractivity contribution >= 4 is 0 Å². The van der Waals surface area contributed by atoms with Gasteiger partial charge in [-0.25, -0.2) is 4.39 Å². The number of hydrogen-bond donors (Lipinski definition) is 0. The third-order valence-corrected chi connectivity index (χ3v) is 7.86. The fourth-order valence-electron chi connectivity index (χ4n) is 5.72. The van der Waals surface area contributed by atoms with Crippen LogP contribution in [0.1, 0.15) is 75.3 Å². The first kappa shape index (κ1) is 25.4. The van der Waals surface area contributed by atoms with Crippen molar-refractivity contribution in [1.29, 1.82) is 0 Å². The van der Waals surface area contributed by atoms with Gasteiger partial charge in [0.05, 0.1) is 6.26 Å². The Hall–Kier alpha value is -2.69. The van der Waals surface area contributed by atoms with Crippen LogP contribution < -0.4 is 9.47 Å². The topological polar surface area (TPSA) is 18.5 Å². The maximum atomic E-state index is 14.8. The lowest BCUT2D eigenvalue weighted by atomic mass is 9.68. The van der Waals surface area contributed by atoms with E-state index in [1.807, 2.05) is 6.07 Å². The van der Waals surface area contributed by atoms with Gasteiger partial charge in [0.25, 0.3) is 0 Å². The summed E-state index contributed by atoms with van der Waals surface area (Å²) in [6.45, 7) is 5.47. The van der Waals surface area contributed by atoms with Crippen LogP contribution >= 0.6 is 0 Å². The van der Waals surface area contributed by atoms with Gasteiger partial charge in [0.2, 0.25) is 11.6 Å². The van der Waals surface area contributed by atoms with Crippen LogP contribution in [-0.2, 0) is 6.61 Å². The first-order valence-corrected chi connectivity index (χ1v) is 12.8. The molecule has 0 unspecified atom stereocenters. The van der Waals surface area contributed by atoms with Crippen molar-refractivity contribution < 1.29 is 22.6 Å². The molecule has 5 heteroatoms. The second-order valence-corrected chi connectivity index (χ2v) is 9.94. The van der Waals surface area contributed by atoms with E-state index in [1.54, 1.807) is 25.1 Å². The number of allylic oxidation sites excluding steroid dienone is 2. The number of hydrogen-bond acceptors (Lipinski definition) is 2. The quantitative estimate of drug-likeness (QED) is 0.275. The molecule has 0 spiro atoms. The molecule has 0 saturated heterocycles. The molecule has 0 aliphatic heterocycles. The average molecular weight is 485 g/mol. The summed E-state index contributed by atoms with van der Waals surface area (Å²) in [5, 5.41) is 0. The van der Waals surface area contributed by atoms with E-state index in [-0.39, 0.29) is 23.9 Å². The zero-order chi connectivity index (χ0) is 24.8. The van der Waals surface area contributed by atoms with Gasteiger partial charge in [-0.3, -0.25) is 0 Å². The summed E-state index contributed by atoms with van der Waals surface area (Å²) in [5.74, 6) is -0.489. The molecule has 0 radical (unpaired) electrons. The van der Waals surface area contributed by atoms with Gasteiger partial charge >= 0.3 is 0 Å². The smallest absolute Gasteiger partial charge is 0.205 e. The van der Waals surface area contributed by atoms with E-state index in [0.29, 0.717) is 17.4 Å². The molecule has 2 nitrogen and oxygen atoms in total. The first-order valence-electron chi connectivity index (χ1n) is 12.8. The van der Waals surface area contributed by atoms with Crippen LogP contribution in [0.15, 0.2) is 55.3 Å². The van der Waals surface area contributed by atoms with Crippen LogP contribution in [0.2, 0.25) is 0 Å². The molecule has 188 valence electrons. The highest BCUT2D eigenvalue weighted by Crippen LogP contribution is 2.44. The van der Waals surface area contributed by atoms with Gasteiger partial charge in [0.1, 0.15) is 12.4 Å². The number of halogens is 3. The maximum Gasteiger partial charge on any atom is 0.205 e. The molecular weight excluding hydrogens is 449 g/mol. The normalized spacial score (nSPS) is 24.9. The molecule has 0 bridgehead atoms. The second-order valence-electron chi connectivity index (χ2n) is 9.94. The lowest BCUT2D eigenvalue weighted by molar-refractivity contribution is 0.171. The molecule has 2 aliphatic rings. The van der Waals surface area contributed by atoms with Crippen molar-refractivity contribution in [3.63, 3.8) is 0 Å². The molecule has 0 N–H and O–H groups in total. The van der Waals surface area contributed by atoms with Crippen molar-refractivity contribution in [3.05, 3.63) is 83.9 Å². The molecule has 0 amide bonds. The van der Waals surface area contributed by atoms with Gasteiger partial charge in [-0.05, 0) is 106 Å². The van der Waals surface area contributed by atoms with E-state index in [0.717, 1.165) is 30.2 Å². The van der Waals surface area contributed by atoms with Crippen LogP contribution in [0.5, 0.6) is 11.5 Å². The molecule has 2 aromatic carbocycles. The van der Waals surface area contributed by atoms with Crippen LogP contribution in [0, 0.1) is 35.2 Å². The number of benzene rings is 2. The minimum Gasteiger partial charge on any atom is -0.486 e. The molecule has 0 heterocycles. The lowest BCUT2D eigenvalue weighted by Crippen LogP contribution is -2.25. The minimum atomic E-state index is -1.15. The summed E-state index contributed by atoms with van der Waals surface area (Å²) >= 11 is 0. The summed E-state index contributed by atoms with van der Waals surface area (Å²) in [4.78, 5) is 0. The fourth-order valence-corrected chi connectivity index (χ4v) is 5.72. The molecule has 0 atom stereocenters. The Morgan fingerprint density at radius 2 is 1.49 bits per heavy atom. The molecule has 2 fully saturated rings. The van der Waals surface area contributed by atoms with Crippen molar-refractivity contribution in [2.24, 2.45) is 17.8 Å². The van der Waals surface area contributed by atoms with Crippen molar-refractivity contribution in [2.75, 3.05) is 0 Å². The van der Waals surface area contributed by atoms with Crippen LogP contribution in [0.4, 0.5) is 13.2 Å². The van der Waals surface area contributed by atoms with E-state index < -0.39 is 11.6 Å². The van der Waals surface area contributed by atoms with Crippen LogP contribution in [-0.4, -0.2) is 0 Å². The van der Waals surface area contributed by atoms with Crippen LogP contribution in [0.3, 0.4) is 0 Å². The SMILES string of the molecule is C=CC1CCC(C2CCC(c3ccc(COc4ccc(O/C=C/C)c(F)c4F)c(F)c3)CC2)CC1. The van der Waals surface area contributed by atoms with Gasteiger partial charge in [-0.2, -0.15) is 8.78 Å². The summed E-state index contributed by atoms with van der Waals surface area (Å²) in [5.41, 5.74) is 1.33. The fraction of sp³-hybridized carbons (Fsp3) is 0.467. The molecule has 2 saturated carbocycles. The van der Waals surface area contributed by atoms with E-state index >= 15 is 0 Å². The summed E-state index contributed by atoms with van der Waals surface area (Å²) in [7, 11) is 0.